The van der Waals surface area contributed by atoms with Crippen LogP contribution in [0.1, 0.15) is 50.0 Å². The lowest BCUT2D eigenvalue weighted by Gasteiger charge is -2.13. The van der Waals surface area contributed by atoms with E-state index in [4.69, 9.17) is 19.6 Å². The van der Waals surface area contributed by atoms with Crippen molar-refractivity contribution in [2.75, 3.05) is 13.2 Å². The molecule has 0 radical (unpaired) electrons. The molecule has 0 unspecified atom stereocenters. The van der Waals surface area contributed by atoms with Crippen LogP contribution in [0.2, 0.25) is 0 Å². The van der Waals surface area contributed by atoms with E-state index < -0.39 is 0 Å². The Morgan fingerprint density at radius 2 is 2.10 bits per heavy atom. The molecule has 3 aromatic rings. The molecule has 7 nitrogen and oxygen atoms in total. The van der Waals surface area contributed by atoms with E-state index in [1.165, 1.54) is 12.8 Å². The third-order valence-corrected chi connectivity index (χ3v) is 5.29. The molecule has 4 rings (SSSR count). The van der Waals surface area contributed by atoms with E-state index in [-0.39, 0.29) is 5.56 Å². The van der Waals surface area contributed by atoms with Gasteiger partial charge in [0.05, 0.1) is 17.9 Å². The number of aryl methyl sites for hydroxylation is 1. The number of fused-ring (bicyclic) bond motifs is 1. The third-order valence-electron chi connectivity index (χ3n) is 5.29. The molecule has 0 saturated heterocycles. The minimum atomic E-state index is -0.205. The summed E-state index contributed by atoms with van der Waals surface area (Å²) in [6.45, 7) is 8.35. The second-order valence-electron chi connectivity index (χ2n) is 7.29. The van der Waals surface area contributed by atoms with Crippen LogP contribution in [0.5, 0.6) is 11.5 Å². The van der Waals surface area contributed by atoms with Crippen molar-refractivity contribution in [1.29, 1.82) is 0 Å². The average molecular weight is 394 g/mol. The van der Waals surface area contributed by atoms with Gasteiger partial charge < -0.3 is 14.5 Å². The zero-order valence-electron chi connectivity index (χ0n) is 16.9. The molecule has 152 valence electrons. The lowest BCUT2D eigenvalue weighted by Crippen LogP contribution is -2.16. The van der Waals surface area contributed by atoms with Crippen LogP contribution in [0, 0.1) is 6.92 Å². The molecule has 0 spiro atoms. The van der Waals surface area contributed by atoms with Crippen LogP contribution < -0.4 is 15.0 Å². The monoisotopic (exact) mass is 394 g/mol. The summed E-state index contributed by atoms with van der Waals surface area (Å²) in [5.41, 5.74) is 1.69. The second kappa shape index (κ2) is 8.11. The van der Waals surface area contributed by atoms with Crippen molar-refractivity contribution in [2.24, 2.45) is 0 Å². The summed E-state index contributed by atoms with van der Waals surface area (Å²) in [5.74, 6) is 2.95. The van der Waals surface area contributed by atoms with Crippen LogP contribution >= 0.6 is 0 Å². The molecule has 7 heteroatoms. The van der Waals surface area contributed by atoms with Crippen molar-refractivity contribution in [1.82, 2.24) is 19.6 Å². The largest absolute Gasteiger partial charge is 0.493 e. The van der Waals surface area contributed by atoms with E-state index in [0.29, 0.717) is 53.2 Å². The van der Waals surface area contributed by atoms with Gasteiger partial charge in [-0.2, -0.15) is 0 Å². The minimum absolute atomic E-state index is 0.205. The Hall–Kier alpha value is -3.09. The smallest absolute Gasteiger partial charge is 0.277 e. The average Bonchev–Trinajstić information content (AvgIpc) is 3.35. The quantitative estimate of drug-likeness (QED) is 0.612. The molecule has 1 aromatic carbocycles. The van der Waals surface area contributed by atoms with Crippen LogP contribution in [-0.2, 0) is 0 Å². The molecule has 1 aliphatic carbocycles. The molecular weight excluding hydrogens is 368 g/mol. The van der Waals surface area contributed by atoms with E-state index in [0.717, 1.165) is 18.7 Å². The van der Waals surface area contributed by atoms with Crippen molar-refractivity contribution in [2.45, 2.75) is 45.4 Å². The first-order valence-corrected chi connectivity index (χ1v) is 10.1. The number of nitrogens with zero attached hydrogens (tertiary/aromatic N) is 3. The van der Waals surface area contributed by atoms with Crippen LogP contribution in [0.4, 0.5) is 0 Å². The number of rotatable bonds is 7. The second-order valence-corrected chi connectivity index (χ2v) is 7.29. The molecule has 2 aromatic heterocycles. The van der Waals surface area contributed by atoms with Gasteiger partial charge in [-0.05, 0) is 44.9 Å². The zero-order chi connectivity index (χ0) is 20.4. The van der Waals surface area contributed by atoms with Crippen molar-refractivity contribution in [3.8, 4) is 22.9 Å². The summed E-state index contributed by atoms with van der Waals surface area (Å²) < 4.78 is 13.2. The van der Waals surface area contributed by atoms with Crippen LogP contribution in [0.3, 0.4) is 0 Å². The van der Waals surface area contributed by atoms with Crippen molar-refractivity contribution < 1.29 is 9.47 Å². The van der Waals surface area contributed by atoms with Gasteiger partial charge in [0.2, 0.25) is 0 Å². The van der Waals surface area contributed by atoms with E-state index in [9.17, 15) is 4.79 Å². The summed E-state index contributed by atoms with van der Waals surface area (Å²) in [5, 5.41) is 4.78. The molecule has 0 bridgehead atoms. The molecule has 1 fully saturated rings. The number of hydrogen-bond donors (Lipinski definition) is 1. The van der Waals surface area contributed by atoms with E-state index >= 15 is 0 Å². The summed E-state index contributed by atoms with van der Waals surface area (Å²) in [6, 6.07) is 5.50. The van der Waals surface area contributed by atoms with Crippen LogP contribution in [0.25, 0.3) is 16.9 Å². The van der Waals surface area contributed by atoms with Gasteiger partial charge in [-0.3, -0.25) is 4.79 Å². The number of imidazole rings is 1. The first-order valence-electron chi connectivity index (χ1n) is 10.1. The first kappa shape index (κ1) is 19.2. The molecule has 0 amide bonds. The number of nitrogens with one attached hydrogen (secondary N) is 1. The normalized spacial score (nSPS) is 14.4. The number of benzene rings is 1. The highest BCUT2D eigenvalue weighted by molar-refractivity contribution is 5.67. The lowest BCUT2D eigenvalue weighted by atomic mass is 10.1. The highest BCUT2D eigenvalue weighted by atomic mass is 16.5. The van der Waals surface area contributed by atoms with Crippen molar-refractivity contribution >= 4 is 5.52 Å². The SMILES string of the molecule is C=CCOc1ccc(OCC)c(-c2nn3c(C4CCCC4)nc(C)c3c(=O)[nH]2)c1. The molecule has 1 aliphatic rings. The molecule has 2 heterocycles. The maximum atomic E-state index is 12.9. The van der Waals surface area contributed by atoms with Gasteiger partial charge in [0, 0.05) is 5.92 Å². The fourth-order valence-corrected chi connectivity index (χ4v) is 3.98. The predicted octanol–water partition coefficient (Wildman–Crippen LogP) is 4.01. The number of aromatic nitrogens is 4. The highest BCUT2D eigenvalue weighted by Gasteiger charge is 2.25. The first-order chi connectivity index (χ1) is 14.1. The topological polar surface area (TPSA) is 81.5 Å². The molecule has 1 N–H and O–H groups in total. The van der Waals surface area contributed by atoms with Gasteiger partial charge in [-0.15, -0.1) is 5.10 Å². The van der Waals surface area contributed by atoms with Gasteiger partial charge in [0.25, 0.3) is 5.56 Å². The van der Waals surface area contributed by atoms with Gasteiger partial charge in [-0.25, -0.2) is 9.50 Å². The lowest BCUT2D eigenvalue weighted by molar-refractivity contribution is 0.338. The molecular formula is C22H26N4O3. The van der Waals surface area contributed by atoms with Crippen molar-refractivity contribution in [3.05, 3.63) is 52.7 Å². The molecule has 1 saturated carbocycles. The molecule has 29 heavy (non-hydrogen) atoms. The third kappa shape index (κ3) is 3.64. The summed E-state index contributed by atoms with van der Waals surface area (Å²) in [6.07, 6.45) is 6.22. The summed E-state index contributed by atoms with van der Waals surface area (Å²) in [4.78, 5) is 20.5. The van der Waals surface area contributed by atoms with E-state index in [2.05, 4.69) is 11.6 Å². The Kier molecular flexibility index (Phi) is 5.38. The minimum Gasteiger partial charge on any atom is -0.493 e. The summed E-state index contributed by atoms with van der Waals surface area (Å²) >= 11 is 0. The number of aromatic amines is 1. The standard InChI is InChI=1S/C22H26N4O3/c1-4-12-29-16-10-11-18(28-5-2)17(13-16)20-24-22(27)19-14(3)23-21(26(19)25-20)15-8-6-7-9-15/h4,10-11,13,15H,1,5-9,12H2,2-3H3,(H,24,25,27). The number of ether oxygens (including phenoxy) is 2. The summed E-state index contributed by atoms with van der Waals surface area (Å²) in [7, 11) is 0. The Morgan fingerprint density at radius 3 is 2.83 bits per heavy atom. The maximum absolute atomic E-state index is 12.9. The van der Waals surface area contributed by atoms with Crippen molar-refractivity contribution in [3.63, 3.8) is 0 Å². The van der Waals surface area contributed by atoms with Crippen LogP contribution in [-0.4, -0.2) is 32.8 Å². The molecule has 0 atom stereocenters. The fourth-order valence-electron chi connectivity index (χ4n) is 3.98. The van der Waals surface area contributed by atoms with E-state index in [1.54, 1.807) is 10.6 Å². The van der Waals surface area contributed by atoms with Gasteiger partial charge >= 0.3 is 0 Å². The Bertz CT molecular complexity index is 1090. The van der Waals surface area contributed by atoms with Gasteiger partial charge in [-0.1, -0.05) is 25.5 Å². The van der Waals surface area contributed by atoms with Gasteiger partial charge in [0.15, 0.2) is 11.3 Å². The number of hydrogen-bond acceptors (Lipinski definition) is 5. The van der Waals surface area contributed by atoms with Gasteiger partial charge in [0.1, 0.15) is 23.9 Å². The fraction of sp³-hybridized carbons (Fsp3) is 0.409. The predicted molar refractivity (Wildman–Crippen MR) is 112 cm³/mol. The van der Waals surface area contributed by atoms with Crippen LogP contribution in [0.15, 0.2) is 35.6 Å². The zero-order valence-corrected chi connectivity index (χ0v) is 16.9. The number of H-pyrrole nitrogens is 1. The Morgan fingerprint density at radius 1 is 1.31 bits per heavy atom. The Labute approximate surface area is 169 Å². The molecule has 0 aliphatic heterocycles. The highest BCUT2D eigenvalue weighted by Crippen LogP contribution is 2.35. The Balaban J connectivity index is 1.88. The van der Waals surface area contributed by atoms with E-state index in [1.807, 2.05) is 32.0 Å². The maximum Gasteiger partial charge on any atom is 0.277 e.